The minimum absolute atomic E-state index is 1.01. The van der Waals surface area contributed by atoms with Gasteiger partial charge in [0, 0.05) is 6.54 Å². The first-order valence-electron chi connectivity index (χ1n) is 19.6. The van der Waals surface area contributed by atoms with Gasteiger partial charge in [-0.05, 0) is 44.7 Å². The quantitative estimate of drug-likeness (QED) is 0.0738. The van der Waals surface area contributed by atoms with E-state index in [1.807, 2.05) is 0 Å². The first-order chi connectivity index (χ1) is 19.9. The molecule has 0 aliphatic carbocycles. The van der Waals surface area contributed by atoms with Crippen LogP contribution in [0.2, 0.25) is 0 Å². The van der Waals surface area contributed by atoms with Crippen LogP contribution < -0.4 is 0 Å². The lowest BCUT2D eigenvalue weighted by atomic mass is 9.92. The minimum atomic E-state index is 1.01. The summed E-state index contributed by atoms with van der Waals surface area (Å²) in [4.78, 5) is 2.82. The average molecular weight is 562 g/mol. The van der Waals surface area contributed by atoms with Crippen LogP contribution in [-0.4, -0.2) is 24.5 Å². The number of unbranched alkanes of at least 4 members (excludes halogenated alkanes) is 28. The molecule has 0 aromatic carbocycles. The van der Waals surface area contributed by atoms with E-state index in [1.165, 1.54) is 232 Å². The van der Waals surface area contributed by atoms with Crippen LogP contribution in [0.15, 0.2) is 0 Å². The summed E-state index contributed by atoms with van der Waals surface area (Å²) in [5.74, 6) is 1.01. The lowest BCUT2D eigenvalue weighted by Gasteiger charge is -2.32. The molecule has 1 aliphatic rings. The minimum Gasteiger partial charge on any atom is -0.303 e. The zero-order chi connectivity index (χ0) is 28.6. The fourth-order valence-corrected chi connectivity index (χ4v) is 7.10. The highest BCUT2D eigenvalue weighted by molar-refractivity contribution is 4.73. The molecule has 40 heavy (non-hydrogen) atoms. The third kappa shape index (κ3) is 26.8. The van der Waals surface area contributed by atoms with E-state index in [9.17, 15) is 0 Å². The predicted molar refractivity (Wildman–Crippen MR) is 184 cm³/mol. The van der Waals surface area contributed by atoms with E-state index in [2.05, 4.69) is 18.7 Å². The Balaban J connectivity index is 1.79. The molecule has 1 fully saturated rings. The van der Waals surface area contributed by atoms with Crippen molar-refractivity contribution < 1.29 is 0 Å². The number of nitrogens with zero attached hydrogens (tertiary/aromatic N) is 1. The Kier molecular flexibility index (Phi) is 30.3. The first-order valence-corrected chi connectivity index (χ1v) is 19.6. The molecule has 1 nitrogen and oxygen atoms in total. The monoisotopic (exact) mass is 562 g/mol. The van der Waals surface area contributed by atoms with Gasteiger partial charge in [0.15, 0.2) is 0 Å². The first kappa shape index (κ1) is 38.0. The second-order valence-electron chi connectivity index (χ2n) is 14.0. The Morgan fingerprint density at radius 3 is 1.10 bits per heavy atom. The zero-order valence-electron chi connectivity index (χ0n) is 28.5. The molecule has 0 aromatic rings. The van der Waals surface area contributed by atoms with Crippen LogP contribution >= 0.6 is 0 Å². The lowest BCUT2D eigenvalue weighted by Crippen LogP contribution is -2.36. The zero-order valence-corrected chi connectivity index (χ0v) is 28.5. The molecule has 1 atom stereocenters. The number of likely N-dealkylation sites (tertiary alicyclic amines) is 1. The van der Waals surface area contributed by atoms with Crippen molar-refractivity contribution in [2.24, 2.45) is 5.92 Å². The maximum Gasteiger partial charge on any atom is 0.000966 e. The number of hydrogen-bond acceptors (Lipinski definition) is 1. The molecular weight excluding hydrogens is 482 g/mol. The van der Waals surface area contributed by atoms with E-state index >= 15 is 0 Å². The van der Waals surface area contributed by atoms with Gasteiger partial charge in [-0.25, -0.2) is 0 Å². The van der Waals surface area contributed by atoms with Crippen molar-refractivity contribution in [3.8, 4) is 0 Å². The van der Waals surface area contributed by atoms with Crippen LogP contribution in [-0.2, 0) is 0 Å². The van der Waals surface area contributed by atoms with E-state index in [0.29, 0.717) is 0 Å². The summed E-state index contributed by atoms with van der Waals surface area (Å²) < 4.78 is 0. The van der Waals surface area contributed by atoms with E-state index in [0.717, 1.165) is 5.92 Å². The van der Waals surface area contributed by atoms with Gasteiger partial charge in [-0.1, -0.05) is 200 Å². The number of hydrogen-bond donors (Lipinski definition) is 0. The van der Waals surface area contributed by atoms with Gasteiger partial charge in [-0.2, -0.15) is 0 Å². The Hall–Kier alpha value is -0.0400. The average Bonchev–Trinajstić information content (AvgIpc) is 2.97. The van der Waals surface area contributed by atoms with Crippen LogP contribution in [0.25, 0.3) is 0 Å². The van der Waals surface area contributed by atoms with Gasteiger partial charge in [0.25, 0.3) is 0 Å². The SMILES string of the molecule is CCCCCCCCCCCCCCCCCC1CCCN(CCCCCCCCCCCCCCCCC)C1. The molecule has 1 unspecified atom stereocenters. The summed E-state index contributed by atoms with van der Waals surface area (Å²) in [6, 6.07) is 0. The van der Waals surface area contributed by atoms with Crippen LogP contribution in [0.3, 0.4) is 0 Å². The van der Waals surface area contributed by atoms with Crippen molar-refractivity contribution in [2.45, 2.75) is 226 Å². The van der Waals surface area contributed by atoms with Crippen molar-refractivity contribution in [3.05, 3.63) is 0 Å². The second kappa shape index (κ2) is 31.9. The molecule has 0 radical (unpaired) electrons. The largest absolute Gasteiger partial charge is 0.303 e. The molecule has 0 saturated carbocycles. The normalized spacial score (nSPS) is 16.2. The molecule has 1 rings (SSSR count). The topological polar surface area (TPSA) is 3.24 Å². The lowest BCUT2D eigenvalue weighted by molar-refractivity contribution is 0.163. The van der Waals surface area contributed by atoms with Crippen molar-refractivity contribution in [1.82, 2.24) is 4.90 Å². The highest BCUT2D eigenvalue weighted by Crippen LogP contribution is 2.23. The number of piperidine rings is 1. The number of rotatable bonds is 32. The molecule has 1 heteroatoms. The predicted octanol–water partition coefficient (Wildman–Crippen LogP) is 13.8. The molecule has 1 saturated heterocycles. The van der Waals surface area contributed by atoms with Crippen LogP contribution in [0, 0.1) is 5.92 Å². The Bertz CT molecular complexity index is 420. The van der Waals surface area contributed by atoms with E-state index in [-0.39, 0.29) is 0 Å². The third-order valence-electron chi connectivity index (χ3n) is 9.90. The van der Waals surface area contributed by atoms with E-state index in [4.69, 9.17) is 0 Å². The molecule has 0 aromatic heterocycles. The molecule has 0 amide bonds. The molecular formula is C39H79N. The Labute approximate surface area is 255 Å². The van der Waals surface area contributed by atoms with Crippen LogP contribution in [0.4, 0.5) is 0 Å². The Morgan fingerprint density at radius 2 is 0.725 bits per heavy atom. The highest BCUT2D eigenvalue weighted by Gasteiger charge is 2.18. The molecule has 1 heterocycles. The Morgan fingerprint density at radius 1 is 0.400 bits per heavy atom. The molecule has 240 valence electrons. The van der Waals surface area contributed by atoms with Crippen molar-refractivity contribution >= 4 is 0 Å². The van der Waals surface area contributed by atoms with Gasteiger partial charge in [0.1, 0.15) is 0 Å². The third-order valence-corrected chi connectivity index (χ3v) is 9.90. The standard InChI is InChI=1S/C39H79N/c1-3-5-7-9-11-13-15-17-19-21-23-25-27-29-31-34-39-35-33-37-40(38-39)36-32-30-28-26-24-22-20-18-16-14-12-10-8-6-4-2/h39H,3-38H2,1-2H3. The molecule has 0 N–H and O–H groups in total. The van der Waals surface area contributed by atoms with Crippen molar-refractivity contribution in [3.63, 3.8) is 0 Å². The summed E-state index contributed by atoms with van der Waals surface area (Å²) in [6.45, 7) is 8.80. The van der Waals surface area contributed by atoms with Gasteiger partial charge >= 0.3 is 0 Å². The second-order valence-corrected chi connectivity index (χ2v) is 14.0. The van der Waals surface area contributed by atoms with Gasteiger partial charge in [0.2, 0.25) is 0 Å². The maximum atomic E-state index is 2.82. The maximum absolute atomic E-state index is 2.82. The van der Waals surface area contributed by atoms with Crippen molar-refractivity contribution in [2.75, 3.05) is 19.6 Å². The van der Waals surface area contributed by atoms with Gasteiger partial charge in [-0.3, -0.25) is 0 Å². The fourth-order valence-electron chi connectivity index (χ4n) is 7.10. The van der Waals surface area contributed by atoms with Crippen molar-refractivity contribution in [1.29, 1.82) is 0 Å². The van der Waals surface area contributed by atoms with Crippen LogP contribution in [0.5, 0.6) is 0 Å². The molecule has 0 spiro atoms. The summed E-state index contributed by atoms with van der Waals surface area (Å²) in [5, 5.41) is 0. The van der Waals surface area contributed by atoms with Crippen LogP contribution in [0.1, 0.15) is 226 Å². The summed E-state index contributed by atoms with van der Waals surface area (Å²) in [5.41, 5.74) is 0. The highest BCUT2D eigenvalue weighted by atomic mass is 15.1. The fraction of sp³-hybridized carbons (Fsp3) is 1.00. The van der Waals surface area contributed by atoms with Gasteiger partial charge in [0.05, 0.1) is 0 Å². The van der Waals surface area contributed by atoms with E-state index in [1.54, 1.807) is 0 Å². The van der Waals surface area contributed by atoms with Gasteiger partial charge < -0.3 is 4.90 Å². The smallest absolute Gasteiger partial charge is 0.000966 e. The summed E-state index contributed by atoms with van der Waals surface area (Å²) in [6.07, 6.45) is 48.7. The summed E-state index contributed by atoms with van der Waals surface area (Å²) >= 11 is 0. The summed E-state index contributed by atoms with van der Waals surface area (Å²) in [7, 11) is 0. The van der Waals surface area contributed by atoms with E-state index < -0.39 is 0 Å². The van der Waals surface area contributed by atoms with Gasteiger partial charge in [-0.15, -0.1) is 0 Å². The molecule has 0 bridgehead atoms. The molecule has 1 aliphatic heterocycles.